The Balaban J connectivity index is 1.86. The van der Waals surface area contributed by atoms with Crippen molar-refractivity contribution in [2.75, 3.05) is 5.32 Å². The second-order valence-corrected chi connectivity index (χ2v) is 6.56. The van der Waals surface area contributed by atoms with Gasteiger partial charge in [-0.3, -0.25) is 4.79 Å². The molecule has 0 radical (unpaired) electrons. The van der Waals surface area contributed by atoms with Crippen LogP contribution in [0.4, 0.5) is 5.13 Å². The largest absolute Gasteiger partial charge is 0.357 e. The highest BCUT2D eigenvalue weighted by Gasteiger charge is 2.11. The van der Waals surface area contributed by atoms with Crippen molar-refractivity contribution in [3.63, 3.8) is 0 Å². The minimum absolute atomic E-state index is 0.0555. The molecular weight excluding hydrogens is 316 g/mol. The molecule has 0 atom stereocenters. The van der Waals surface area contributed by atoms with Crippen molar-refractivity contribution in [2.24, 2.45) is 0 Å². The molecule has 1 N–H and O–H groups in total. The van der Waals surface area contributed by atoms with Gasteiger partial charge in [0.15, 0.2) is 10.9 Å². The molecule has 0 spiro atoms. The summed E-state index contributed by atoms with van der Waals surface area (Å²) in [5, 5.41) is 7.08. The third-order valence-electron chi connectivity index (χ3n) is 3.48. The lowest BCUT2D eigenvalue weighted by atomic mass is 10.0. The molecule has 0 aliphatic carbocycles. The van der Waals surface area contributed by atoms with Crippen LogP contribution in [0.3, 0.4) is 0 Å². The quantitative estimate of drug-likeness (QED) is 0.679. The number of hydrogen-bond acceptors (Lipinski definition) is 4. The molecule has 0 saturated carbocycles. The molecule has 1 aromatic heterocycles. The van der Waals surface area contributed by atoms with Gasteiger partial charge in [0.25, 0.3) is 0 Å². The molecule has 1 heterocycles. The number of ketones is 1. The fraction of sp³-hybridized carbons (Fsp3) is 0.176. The minimum atomic E-state index is 0.0555. The maximum atomic E-state index is 11.5. The zero-order chi connectivity index (χ0) is 15.7. The number of fused-ring (bicyclic) bond motifs is 1. The predicted molar refractivity (Wildman–Crippen MR) is 93.1 cm³/mol. The Kier molecular flexibility index (Phi) is 4.14. The van der Waals surface area contributed by atoms with Crippen molar-refractivity contribution in [2.45, 2.75) is 20.4 Å². The van der Waals surface area contributed by atoms with Gasteiger partial charge in [-0.2, -0.15) is 0 Å². The Morgan fingerprint density at radius 3 is 2.86 bits per heavy atom. The minimum Gasteiger partial charge on any atom is -0.357 e. The molecule has 0 aliphatic rings. The van der Waals surface area contributed by atoms with Crippen LogP contribution in [-0.2, 0) is 6.54 Å². The van der Waals surface area contributed by atoms with E-state index in [0.717, 1.165) is 32.2 Å². The predicted octanol–water partition coefficient (Wildman–Crippen LogP) is 5.07. The van der Waals surface area contributed by atoms with Gasteiger partial charge < -0.3 is 5.32 Å². The van der Waals surface area contributed by atoms with Crippen LogP contribution in [-0.4, -0.2) is 10.8 Å². The topological polar surface area (TPSA) is 42.0 Å². The average Bonchev–Trinajstić information content (AvgIpc) is 2.86. The van der Waals surface area contributed by atoms with Crippen molar-refractivity contribution >= 4 is 44.6 Å². The van der Waals surface area contributed by atoms with E-state index in [1.165, 1.54) is 11.3 Å². The number of thiazole rings is 1. The van der Waals surface area contributed by atoms with E-state index in [4.69, 9.17) is 11.6 Å². The van der Waals surface area contributed by atoms with Crippen LogP contribution in [0, 0.1) is 6.92 Å². The fourth-order valence-electron chi connectivity index (χ4n) is 2.43. The molecule has 0 saturated heterocycles. The second-order valence-electron chi connectivity index (χ2n) is 5.13. The van der Waals surface area contributed by atoms with Crippen molar-refractivity contribution in [3.05, 3.63) is 57.6 Å². The lowest BCUT2D eigenvalue weighted by Crippen LogP contribution is -1.99. The van der Waals surface area contributed by atoms with E-state index >= 15 is 0 Å². The van der Waals surface area contributed by atoms with E-state index in [9.17, 15) is 4.79 Å². The van der Waals surface area contributed by atoms with Crippen LogP contribution in [0.5, 0.6) is 0 Å². The zero-order valence-corrected chi connectivity index (χ0v) is 13.9. The number of Topliss-reactive ketones (excluding diaryl/α,β-unsaturated/α-hetero) is 1. The van der Waals surface area contributed by atoms with Crippen molar-refractivity contribution in [1.82, 2.24) is 4.98 Å². The lowest BCUT2D eigenvalue weighted by molar-refractivity contribution is 0.102. The highest BCUT2D eigenvalue weighted by molar-refractivity contribution is 7.17. The Bertz CT molecular complexity index is 857. The maximum Gasteiger partial charge on any atom is 0.183 e. The second kappa shape index (κ2) is 6.07. The summed E-state index contributed by atoms with van der Waals surface area (Å²) < 4.78 is 0. The highest BCUT2D eigenvalue weighted by atomic mass is 35.5. The van der Waals surface area contributed by atoms with E-state index in [-0.39, 0.29) is 5.78 Å². The number of nitrogens with one attached hydrogen (secondary N) is 1. The molecule has 3 rings (SSSR count). The number of benzene rings is 2. The van der Waals surface area contributed by atoms with Crippen LogP contribution >= 0.6 is 22.9 Å². The molecule has 0 amide bonds. The van der Waals surface area contributed by atoms with E-state index in [2.05, 4.69) is 22.4 Å². The first-order valence-corrected chi connectivity index (χ1v) is 8.13. The average molecular weight is 331 g/mol. The van der Waals surface area contributed by atoms with Gasteiger partial charge in [0.1, 0.15) is 0 Å². The third-order valence-corrected chi connectivity index (χ3v) is 4.93. The Morgan fingerprint density at radius 2 is 2.14 bits per heavy atom. The summed E-state index contributed by atoms with van der Waals surface area (Å²) in [4.78, 5) is 16.6. The molecule has 2 aromatic carbocycles. The van der Waals surface area contributed by atoms with Gasteiger partial charge >= 0.3 is 0 Å². The van der Waals surface area contributed by atoms with Gasteiger partial charge in [-0.25, -0.2) is 4.98 Å². The van der Waals surface area contributed by atoms with Crippen molar-refractivity contribution in [1.29, 1.82) is 0 Å². The van der Waals surface area contributed by atoms with Crippen LogP contribution in [0.25, 0.3) is 10.8 Å². The van der Waals surface area contributed by atoms with Gasteiger partial charge in [-0.15, -0.1) is 0 Å². The first-order valence-electron chi connectivity index (χ1n) is 6.94. The van der Waals surface area contributed by atoms with E-state index < -0.39 is 0 Å². The van der Waals surface area contributed by atoms with Crippen LogP contribution < -0.4 is 5.32 Å². The molecule has 0 bridgehead atoms. The molecule has 3 aromatic rings. The number of carbonyl (C=O) groups is 1. The Morgan fingerprint density at radius 1 is 1.32 bits per heavy atom. The molecule has 5 heteroatoms. The molecule has 22 heavy (non-hydrogen) atoms. The smallest absolute Gasteiger partial charge is 0.183 e. The van der Waals surface area contributed by atoms with Gasteiger partial charge in [0.2, 0.25) is 0 Å². The summed E-state index contributed by atoms with van der Waals surface area (Å²) in [6.45, 7) is 4.06. The number of aryl methyl sites for hydroxylation is 1. The van der Waals surface area contributed by atoms with Crippen LogP contribution in [0.15, 0.2) is 36.4 Å². The summed E-state index contributed by atoms with van der Waals surface area (Å²) in [5.74, 6) is 0.0555. The summed E-state index contributed by atoms with van der Waals surface area (Å²) >= 11 is 7.50. The summed E-state index contributed by atoms with van der Waals surface area (Å²) in [6, 6.07) is 12.0. The van der Waals surface area contributed by atoms with Gasteiger partial charge in [-0.1, -0.05) is 47.2 Å². The number of halogens is 1. The number of rotatable bonds is 4. The number of hydrogen-bond donors (Lipinski definition) is 1. The van der Waals surface area contributed by atoms with Gasteiger partial charge in [-0.05, 0) is 35.4 Å². The maximum absolute atomic E-state index is 11.5. The number of aromatic nitrogens is 1. The lowest BCUT2D eigenvalue weighted by Gasteiger charge is -2.07. The first-order chi connectivity index (χ1) is 10.5. The number of nitrogens with zero attached hydrogens (tertiary/aromatic N) is 1. The highest BCUT2D eigenvalue weighted by Crippen LogP contribution is 2.26. The molecule has 0 aliphatic heterocycles. The molecule has 0 fully saturated rings. The summed E-state index contributed by atoms with van der Waals surface area (Å²) in [7, 11) is 0. The van der Waals surface area contributed by atoms with E-state index in [1.54, 1.807) is 6.92 Å². The SMILES string of the molecule is CC(=O)c1sc(NCc2cccc3ccc(Cl)cc23)nc1C. The van der Waals surface area contributed by atoms with Gasteiger partial charge in [0, 0.05) is 18.5 Å². The molecule has 0 unspecified atom stereocenters. The van der Waals surface area contributed by atoms with Crippen molar-refractivity contribution in [3.8, 4) is 0 Å². The summed E-state index contributed by atoms with van der Waals surface area (Å²) in [6.07, 6.45) is 0. The summed E-state index contributed by atoms with van der Waals surface area (Å²) in [5.41, 5.74) is 1.93. The number of anilines is 1. The van der Waals surface area contributed by atoms with E-state index in [1.807, 2.05) is 31.2 Å². The normalized spacial score (nSPS) is 10.9. The van der Waals surface area contributed by atoms with Crippen LogP contribution in [0.1, 0.15) is 27.9 Å². The van der Waals surface area contributed by atoms with Gasteiger partial charge in [0.05, 0.1) is 10.6 Å². The standard InChI is InChI=1S/C17H15ClN2OS/c1-10-16(11(2)21)22-17(20-10)19-9-13-5-3-4-12-6-7-14(18)8-15(12)13/h3-8H,9H2,1-2H3,(H,19,20). The Labute approximate surface area is 138 Å². The molecule has 112 valence electrons. The Hall–Kier alpha value is -1.91. The van der Waals surface area contributed by atoms with Crippen LogP contribution in [0.2, 0.25) is 5.02 Å². The molecule has 3 nitrogen and oxygen atoms in total. The number of carbonyl (C=O) groups excluding carboxylic acids is 1. The fourth-order valence-corrected chi connectivity index (χ4v) is 3.46. The zero-order valence-electron chi connectivity index (χ0n) is 12.3. The third kappa shape index (κ3) is 2.98. The first kappa shape index (κ1) is 15.0. The van der Waals surface area contributed by atoms with E-state index in [0.29, 0.717) is 11.4 Å². The monoisotopic (exact) mass is 330 g/mol. The van der Waals surface area contributed by atoms with Crippen molar-refractivity contribution < 1.29 is 4.79 Å². The molecular formula is C17H15ClN2OS.